The maximum absolute atomic E-state index is 13.2. The average molecular weight is 925 g/mol. The molecule has 384 valence electrons. The van der Waals surface area contributed by atoms with Crippen molar-refractivity contribution < 1.29 is 24.5 Å². The molecule has 0 aliphatic heterocycles. The third kappa shape index (κ3) is 48.0. The smallest absolute Gasteiger partial charge is 0.306 e. The zero-order chi connectivity index (χ0) is 48.1. The Hall–Kier alpha value is -2.44. The molecular formula is C60H109NO5. The van der Waals surface area contributed by atoms with Gasteiger partial charge in [-0.15, -0.1) is 0 Å². The molecule has 0 rings (SSSR count). The highest BCUT2D eigenvalue weighted by Crippen LogP contribution is 2.17. The van der Waals surface area contributed by atoms with Crippen molar-refractivity contribution in [1.82, 2.24) is 5.32 Å². The number of aliphatic hydroxyl groups is 2. The maximum atomic E-state index is 13.2. The molecule has 0 radical (unpaired) electrons. The summed E-state index contributed by atoms with van der Waals surface area (Å²) in [5, 5.41) is 23.8. The molecule has 6 heteroatoms. The van der Waals surface area contributed by atoms with Gasteiger partial charge in [0.2, 0.25) is 5.91 Å². The fourth-order valence-electron chi connectivity index (χ4n) is 8.47. The van der Waals surface area contributed by atoms with Crippen molar-refractivity contribution in [2.24, 2.45) is 0 Å². The van der Waals surface area contributed by atoms with Crippen molar-refractivity contribution in [2.75, 3.05) is 6.61 Å². The molecule has 0 saturated heterocycles. The molecule has 0 fully saturated rings. The van der Waals surface area contributed by atoms with E-state index in [4.69, 9.17) is 4.74 Å². The molecule has 0 aromatic rings. The van der Waals surface area contributed by atoms with Gasteiger partial charge < -0.3 is 20.3 Å². The van der Waals surface area contributed by atoms with Gasteiger partial charge >= 0.3 is 5.97 Å². The van der Waals surface area contributed by atoms with Crippen LogP contribution in [0.15, 0.2) is 60.8 Å². The number of esters is 1. The number of hydrogen-bond acceptors (Lipinski definition) is 5. The molecule has 0 heterocycles. The lowest BCUT2D eigenvalue weighted by Gasteiger charge is -2.24. The number of carbonyl (C=O) groups is 2. The van der Waals surface area contributed by atoms with Gasteiger partial charge in [0.15, 0.2) is 0 Å². The summed E-state index contributed by atoms with van der Waals surface area (Å²) in [6.45, 7) is 6.46. The summed E-state index contributed by atoms with van der Waals surface area (Å²) >= 11 is 0. The fraction of sp³-hybridized carbons (Fsp3) is 0.800. The highest BCUT2D eigenvalue weighted by Gasteiger charge is 2.24. The van der Waals surface area contributed by atoms with E-state index in [-0.39, 0.29) is 24.9 Å². The Morgan fingerprint density at radius 1 is 0.439 bits per heavy atom. The van der Waals surface area contributed by atoms with Crippen LogP contribution in [0.3, 0.4) is 0 Å². The normalized spacial score (nSPS) is 13.6. The van der Waals surface area contributed by atoms with Crippen LogP contribution in [0.1, 0.15) is 284 Å². The summed E-state index contributed by atoms with van der Waals surface area (Å²) in [6.07, 6.45) is 67.2. The molecule has 66 heavy (non-hydrogen) atoms. The monoisotopic (exact) mass is 924 g/mol. The SMILES string of the molecule is CCCCC/C=C\C/C=C\C/C=C\C/C=C\CCCCCC(=O)OC(CCC/C=C\CCCCCCCCC)CC(=O)NC(CO)C(O)CCCCCCCCCCCCCCCCCC. The molecule has 6 nitrogen and oxygen atoms in total. The van der Waals surface area contributed by atoms with Gasteiger partial charge in [0, 0.05) is 6.42 Å². The Balaban J connectivity index is 4.57. The molecule has 3 N–H and O–H groups in total. The zero-order valence-corrected chi connectivity index (χ0v) is 43.8. The van der Waals surface area contributed by atoms with Crippen molar-refractivity contribution in [3.05, 3.63) is 60.8 Å². The van der Waals surface area contributed by atoms with Gasteiger partial charge in [0.1, 0.15) is 6.10 Å². The molecule has 0 aromatic heterocycles. The molecule has 0 spiro atoms. The zero-order valence-electron chi connectivity index (χ0n) is 43.8. The van der Waals surface area contributed by atoms with E-state index in [0.717, 1.165) is 83.5 Å². The number of carbonyl (C=O) groups excluding carboxylic acids is 2. The van der Waals surface area contributed by atoms with Crippen LogP contribution in [0.25, 0.3) is 0 Å². The number of allylic oxidation sites excluding steroid dienone is 10. The quantitative estimate of drug-likeness (QED) is 0.0321. The lowest BCUT2D eigenvalue weighted by atomic mass is 10.0. The predicted molar refractivity (Wildman–Crippen MR) is 287 cm³/mol. The standard InChI is InChI=1S/C60H109NO5/c1-4-7-10-13-16-19-22-25-27-29-30-31-33-35-38-41-44-47-50-53-60(65)66-56(51-48-45-42-39-36-24-21-18-15-12-9-6-3)54-59(64)61-57(55-62)58(63)52-49-46-43-40-37-34-32-28-26-23-20-17-14-11-8-5-2/h16,19,25,27,30-31,35,38-39,42,56-58,62-63H,4-15,17-18,20-24,26,28-29,32-34,36-37,40-41,43-55H2,1-3H3,(H,61,64)/b19-16-,27-25-,31-30-,38-35-,42-39-. The first kappa shape index (κ1) is 63.6. The Bertz CT molecular complexity index is 1170. The van der Waals surface area contributed by atoms with Crippen LogP contribution in [0.2, 0.25) is 0 Å². The van der Waals surface area contributed by atoms with E-state index in [9.17, 15) is 19.8 Å². The van der Waals surface area contributed by atoms with Crippen LogP contribution >= 0.6 is 0 Å². The van der Waals surface area contributed by atoms with Crippen molar-refractivity contribution in [2.45, 2.75) is 302 Å². The highest BCUT2D eigenvalue weighted by molar-refractivity contribution is 5.77. The van der Waals surface area contributed by atoms with E-state index in [1.54, 1.807) is 0 Å². The maximum Gasteiger partial charge on any atom is 0.306 e. The number of aliphatic hydroxyl groups excluding tert-OH is 2. The van der Waals surface area contributed by atoms with Crippen molar-refractivity contribution in [1.29, 1.82) is 0 Å². The second-order valence-corrected chi connectivity index (χ2v) is 19.3. The molecule has 0 aliphatic rings. The van der Waals surface area contributed by atoms with Crippen molar-refractivity contribution >= 4 is 11.9 Å². The van der Waals surface area contributed by atoms with Gasteiger partial charge in [-0.2, -0.15) is 0 Å². The minimum atomic E-state index is -0.802. The summed E-state index contributed by atoms with van der Waals surface area (Å²) < 4.78 is 5.92. The first-order valence-electron chi connectivity index (χ1n) is 28.5. The minimum Gasteiger partial charge on any atom is -0.462 e. The average Bonchev–Trinajstić information content (AvgIpc) is 3.31. The minimum absolute atomic E-state index is 0.0435. The Labute approximate surface area is 409 Å². The number of ether oxygens (including phenoxy) is 1. The van der Waals surface area contributed by atoms with Gasteiger partial charge in [-0.1, -0.05) is 242 Å². The molecule has 0 aromatic carbocycles. The van der Waals surface area contributed by atoms with Crippen LogP contribution in [0, 0.1) is 0 Å². The van der Waals surface area contributed by atoms with Crippen molar-refractivity contribution in [3.63, 3.8) is 0 Å². The number of hydrogen-bond donors (Lipinski definition) is 3. The third-order valence-corrected chi connectivity index (χ3v) is 12.8. The molecule has 1 amide bonds. The largest absolute Gasteiger partial charge is 0.462 e. The van der Waals surface area contributed by atoms with E-state index in [1.165, 1.54) is 154 Å². The summed E-state index contributed by atoms with van der Waals surface area (Å²) in [5.74, 6) is -0.534. The van der Waals surface area contributed by atoms with E-state index in [2.05, 4.69) is 86.8 Å². The van der Waals surface area contributed by atoms with Gasteiger partial charge in [-0.25, -0.2) is 0 Å². The van der Waals surface area contributed by atoms with E-state index in [1.807, 2.05) is 0 Å². The molecule has 0 saturated carbocycles. The molecule has 3 unspecified atom stereocenters. The van der Waals surface area contributed by atoms with Gasteiger partial charge in [-0.05, 0) is 89.9 Å². The summed E-state index contributed by atoms with van der Waals surface area (Å²) in [4.78, 5) is 26.2. The highest BCUT2D eigenvalue weighted by atomic mass is 16.5. The molecular weight excluding hydrogens is 815 g/mol. The lowest BCUT2D eigenvalue weighted by molar-refractivity contribution is -0.151. The Kier molecular flexibility index (Phi) is 51.5. The summed E-state index contributed by atoms with van der Waals surface area (Å²) in [6, 6.07) is -0.718. The fourth-order valence-corrected chi connectivity index (χ4v) is 8.47. The van der Waals surface area contributed by atoms with Gasteiger partial charge in [0.25, 0.3) is 0 Å². The van der Waals surface area contributed by atoms with Gasteiger partial charge in [-0.3, -0.25) is 9.59 Å². The van der Waals surface area contributed by atoms with Gasteiger partial charge in [0.05, 0.1) is 25.2 Å². The topological polar surface area (TPSA) is 95.9 Å². The summed E-state index contributed by atoms with van der Waals surface area (Å²) in [5.41, 5.74) is 0. The number of rotatable bonds is 51. The predicted octanol–water partition coefficient (Wildman–Crippen LogP) is 17.6. The Morgan fingerprint density at radius 2 is 0.788 bits per heavy atom. The van der Waals surface area contributed by atoms with Crippen LogP contribution in [0.5, 0.6) is 0 Å². The number of unbranched alkanes of at least 4 members (excludes halogenated alkanes) is 29. The van der Waals surface area contributed by atoms with Crippen LogP contribution < -0.4 is 5.32 Å². The summed E-state index contributed by atoms with van der Waals surface area (Å²) in [7, 11) is 0. The Morgan fingerprint density at radius 3 is 1.24 bits per heavy atom. The molecule has 0 aliphatic carbocycles. The first-order chi connectivity index (χ1) is 32.5. The van der Waals surface area contributed by atoms with E-state index >= 15 is 0 Å². The molecule has 3 atom stereocenters. The lowest BCUT2D eigenvalue weighted by Crippen LogP contribution is -2.46. The number of amides is 1. The second-order valence-electron chi connectivity index (χ2n) is 19.3. The first-order valence-corrected chi connectivity index (χ1v) is 28.5. The van der Waals surface area contributed by atoms with Crippen LogP contribution in [0.4, 0.5) is 0 Å². The third-order valence-electron chi connectivity index (χ3n) is 12.8. The van der Waals surface area contributed by atoms with Crippen LogP contribution in [-0.4, -0.2) is 46.9 Å². The van der Waals surface area contributed by atoms with E-state index in [0.29, 0.717) is 19.3 Å². The van der Waals surface area contributed by atoms with E-state index < -0.39 is 18.2 Å². The van der Waals surface area contributed by atoms with Crippen LogP contribution in [-0.2, 0) is 14.3 Å². The molecule has 0 bridgehead atoms. The second kappa shape index (κ2) is 53.5. The van der Waals surface area contributed by atoms with Crippen molar-refractivity contribution in [3.8, 4) is 0 Å². The number of nitrogens with one attached hydrogen (secondary N) is 1.